The predicted molar refractivity (Wildman–Crippen MR) is 67.7 cm³/mol. The van der Waals surface area contributed by atoms with Crippen molar-refractivity contribution < 1.29 is 13.9 Å². The van der Waals surface area contributed by atoms with Gasteiger partial charge in [0, 0.05) is 12.2 Å². The molecule has 1 N–H and O–H groups in total. The fourth-order valence-electron chi connectivity index (χ4n) is 2.81. The van der Waals surface area contributed by atoms with Crippen LogP contribution in [0.5, 0.6) is 0 Å². The van der Waals surface area contributed by atoms with Crippen LogP contribution in [0.2, 0.25) is 0 Å². The Kier molecular flexibility index (Phi) is 3.46. The molecule has 1 aliphatic heterocycles. The molecule has 2 atom stereocenters. The molecule has 102 valence electrons. The highest BCUT2D eigenvalue weighted by Gasteiger charge is 2.41. The summed E-state index contributed by atoms with van der Waals surface area (Å²) in [4.78, 5) is 1.80. The molecule has 5 heteroatoms. The summed E-state index contributed by atoms with van der Waals surface area (Å²) in [6.45, 7) is 4.20. The zero-order chi connectivity index (χ0) is 14.2. The Labute approximate surface area is 111 Å². The summed E-state index contributed by atoms with van der Waals surface area (Å²) in [7, 11) is 0. The van der Waals surface area contributed by atoms with Gasteiger partial charge in [0.1, 0.15) is 23.3 Å². The first-order valence-electron chi connectivity index (χ1n) is 6.29. The molecule has 1 aromatic carbocycles. The predicted octanol–water partition coefficient (Wildman–Crippen LogP) is 2.58. The Morgan fingerprint density at radius 3 is 2.53 bits per heavy atom. The maximum Gasteiger partial charge on any atom is 0.146 e. The SMILES string of the molecule is CC[C@@H]1N(c2cc(F)c(C#N)c(F)c2)CC[C@]1(C)O. The molecular formula is C14H16F2N2O. The molecule has 0 unspecified atom stereocenters. The van der Waals surface area contributed by atoms with Gasteiger partial charge in [0.25, 0.3) is 0 Å². The fourth-order valence-corrected chi connectivity index (χ4v) is 2.81. The highest BCUT2D eigenvalue weighted by molar-refractivity contribution is 5.53. The first-order valence-corrected chi connectivity index (χ1v) is 6.29. The van der Waals surface area contributed by atoms with E-state index in [4.69, 9.17) is 5.26 Å². The van der Waals surface area contributed by atoms with Crippen molar-refractivity contribution in [3.05, 3.63) is 29.3 Å². The second kappa shape index (κ2) is 4.78. The van der Waals surface area contributed by atoms with Crippen LogP contribution in [0.15, 0.2) is 12.1 Å². The van der Waals surface area contributed by atoms with E-state index in [1.54, 1.807) is 11.8 Å². The molecule has 1 fully saturated rings. The van der Waals surface area contributed by atoms with Gasteiger partial charge in [-0.1, -0.05) is 6.92 Å². The lowest BCUT2D eigenvalue weighted by Gasteiger charge is -2.32. The molecule has 2 rings (SSSR count). The van der Waals surface area contributed by atoms with Gasteiger partial charge in [0.05, 0.1) is 11.6 Å². The van der Waals surface area contributed by atoms with Crippen molar-refractivity contribution >= 4 is 5.69 Å². The van der Waals surface area contributed by atoms with Gasteiger partial charge in [-0.2, -0.15) is 5.26 Å². The van der Waals surface area contributed by atoms with E-state index in [-0.39, 0.29) is 6.04 Å². The van der Waals surface area contributed by atoms with Crippen LogP contribution in [0.3, 0.4) is 0 Å². The molecule has 19 heavy (non-hydrogen) atoms. The Morgan fingerprint density at radius 1 is 1.47 bits per heavy atom. The molecule has 1 heterocycles. The van der Waals surface area contributed by atoms with Crippen LogP contribution >= 0.6 is 0 Å². The average molecular weight is 266 g/mol. The minimum atomic E-state index is -0.865. The summed E-state index contributed by atoms with van der Waals surface area (Å²) in [6, 6.07) is 3.64. The molecule has 0 saturated carbocycles. The largest absolute Gasteiger partial charge is 0.388 e. The smallest absolute Gasteiger partial charge is 0.146 e. The summed E-state index contributed by atoms with van der Waals surface area (Å²) in [5.41, 5.74) is -1.06. The number of aliphatic hydroxyl groups is 1. The zero-order valence-corrected chi connectivity index (χ0v) is 11.0. The summed E-state index contributed by atoms with van der Waals surface area (Å²) in [5.74, 6) is -1.72. The number of halogens is 2. The maximum absolute atomic E-state index is 13.6. The number of hydrogen-bond acceptors (Lipinski definition) is 3. The summed E-state index contributed by atoms with van der Waals surface area (Å²) >= 11 is 0. The lowest BCUT2D eigenvalue weighted by molar-refractivity contribution is 0.0501. The third-order valence-electron chi connectivity index (χ3n) is 3.81. The van der Waals surface area contributed by atoms with Crippen molar-refractivity contribution in [1.82, 2.24) is 0 Å². The minimum Gasteiger partial charge on any atom is -0.388 e. The van der Waals surface area contributed by atoms with Crippen molar-refractivity contribution in [3.8, 4) is 6.07 Å². The summed E-state index contributed by atoms with van der Waals surface area (Å²) < 4.78 is 27.3. The van der Waals surface area contributed by atoms with Crippen molar-refractivity contribution in [2.45, 2.75) is 38.3 Å². The number of hydrogen-bond donors (Lipinski definition) is 1. The monoisotopic (exact) mass is 266 g/mol. The minimum absolute atomic E-state index is 0.181. The first-order chi connectivity index (χ1) is 8.90. The van der Waals surface area contributed by atoms with Gasteiger partial charge in [-0.15, -0.1) is 0 Å². The van der Waals surface area contributed by atoms with E-state index in [1.165, 1.54) is 6.07 Å². The number of anilines is 1. The molecule has 3 nitrogen and oxygen atoms in total. The van der Waals surface area contributed by atoms with Crippen LogP contribution in [0.1, 0.15) is 32.3 Å². The number of benzene rings is 1. The van der Waals surface area contributed by atoms with Crippen LogP contribution in [0.25, 0.3) is 0 Å². The third-order valence-corrected chi connectivity index (χ3v) is 3.81. The van der Waals surface area contributed by atoms with Crippen LogP contribution in [-0.2, 0) is 0 Å². The standard InChI is InChI=1S/C14H16F2N2O/c1-3-13-14(2,19)4-5-18(13)9-6-11(15)10(8-17)12(16)7-9/h6-7,13,19H,3-5H2,1-2H3/t13-,14-/m0/s1. The quantitative estimate of drug-likeness (QED) is 0.895. The summed E-state index contributed by atoms with van der Waals surface area (Å²) in [6.07, 6.45) is 1.23. The number of rotatable bonds is 2. The Hall–Kier alpha value is -1.67. The van der Waals surface area contributed by atoms with Gasteiger partial charge in [-0.3, -0.25) is 0 Å². The average Bonchev–Trinajstić information content (AvgIpc) is 2.63. The van der Waals surface area contributed by atoms with Crippen LogP contribution in [0.4, 0.5) is 14.5 Å². The van der Waals surface area contributed by atoms with E-state index in [0.29, 0.717) is 25.1 Å². The Morgan fingerprint density at radius 2 is 2.05 bits per heavy atom. The highest BCUT2D eigenvalue weighted by atomic mass is 19.1. The molecule has 1 saturated heterocycles. The van der Waals surface area contributed by atoms with Gasteiger partial charge in [-0.05, 0) is 31.9 Å². The number of nitriles is 1. The second-order valence-electron chi connectivity index (χ2n) is 5.12. The van der Waals surface area contributed by atoms with Crippen molar-refractivity contribution in [2.24, 2.45) is 0 Å². The molecule has 0 amide bonds. The molecule has 0 bridgehead atoms. The lowest BCUT2D eigenvalue weighted by Crippen LogP contribution is -2.42. The van der Waals surface area contributed by atoms with E-state index in [2.05, 4.69) is 0 Å². The fraction of sp³-hybridized carbons (Fsp3) is 0.500. The van der Waals surface area contributed by atoms with Gasteiger partial charge in [0.15, 0.2) is 0 Å². The van der Waals surface area contributed by atoms with E-state index >= 15 is 0 Å². The highest BCUT2D eigenvalue weighted by Crippen LogP contribution is 2.35. The van der Waals surface area contributed by atoms with Crippen LogP contribution in [0, 0.1) is 23.0 Å². The molecule has 0 aromatic heterocycles. The lowest BCUT2D eigenvalue weighted by atomic mass is 9.95. The first kappa shape index (κ1) is 13.8. The van der Waals surface area contributed by atoms with Crippen molar-refractivity contribution in [1.29, 1.82) is 5.26 Å². The third kappa shape index (κ3) is 2.28. The van der Waals surface area contributed by atoms with E-state index in [9.17, 15) is 13.9 Å². The molecule has 1 aromatic rings. The van der Waals surface area contributed by atoms with Gasteiger partial charge >= 0.3 is 0 Å². The van der Waals surface area contributed by atoms with Crippen LogP contribution in [-0.4, -0.2) is 23.3 Å². The van der Waals surface area contributed by atoms with E-state index < -0.39 is 22.8 Å². The van der Waals surface area contributed by atoms with Crippen molar-refractivity contribution in [2.75, 3.05) is 11.4 Å². The van der Waals surface area contributed by atoms with E-state index in [0.717, 1.165) is 12.1 Å². The molecular weight excluding hydrogens is 250 g/mol. The molecule has 0 spiro atoms. The Balaban J connectivity index is 2.41. The van der Waals surface area contributed by atoms with Gasteiger partial charge in [-0.25, -0.2) is 8.78 Å². The molecule has 0 aliphatic carbocycles. The molecule has 0 radical (unpaired) electrons. The maximum atomic E-state index is 13.6. The number of nitrogens with zero attached hydrogens (tertiary/aromatic N) is 2. The summed E-state index contributed by atoms with van der Waals surface area (Å²) in [5, 5.41) is 18.9. The van der Waals surface area contributed by atoms with E-state index in [1.807, 2.05) is 6.92 Å². The van der Waals surface area contributed by atoms with Gasteiger partial charge < -0.3 is 10.0 Å². The topological polar surface area (TPSA) is 47.3 Å². The normalized spacial score (nSPS) is 26.5. The Bertz CT molecular complexity index is 514. The zero-order valence-electron chi connectivity index (χ0n) is 11.0. The van der Waals surface area contributed by atoms with Crippen molar-refractivity contribution in [3.63, 3.8) is 0 Å². The second-order valence-corrected chi connectivity index (χ2v) is 5.12. The molecule has 1 aliphatic rings. The van der Waals surface area contributed by atoms with Gasteiger partial charge in [0.2, 0.25) is 0 Å². The van der Waals surface area contributed by atoms with Crippen LogP contribution < -0.4 is 4.90 Å².